The summed E-state index contributed by atoms with van der Waals surface area (Å²) in [6.07, 6.45) is 0. The quantitative estimate of drug-likeness (QED) is 0.883. The third-order valence-electron chi connectivity index (χ3n) is 2.22. The highest BCUT2D eigenvalue weighted by Gasteiger charge is 2.12. The molecule has 92 valence electrons. The first-order chi connectivity index (χ1) is 8.70. The van der Waals surface area contributed by atoms with E-state index in [0.29, 0.717) is 17.3 Å². The van der Waals surface area contributed by atoms with Crippen molar-refractivity contribution >= 4 is 27.7 Å². The van der Waals surface area contributed by atoms with Crippen molar-refractivity contribution < 1.29 is 4.79 Å². The number of rotatable bonds is 3. The van der Waals surface area contributed by atoms with Gasteiger partial charge in [0.1, 0.15) is 11.5 Å². The smallest absolute Gasteiger partial charge is 0.236 e. The Balaban J connectivity index is 2.44. The summed E-state index contributed by atoms with van der Waals surface area (Å²) in [4.78, 5) is 15.6. The Labute approximate surface area is 113 Å². The van der Waals surface area contributed by atoms with Crippen molar-refractivity contribution in [3.63, 3.8) is 0 Å². The van der Waals surface area contributed by atoms with Crippen molar-refractivity contribution in [1.82, 2.24) is 15.2 Å². The van der Waals surface area contributed by atoms with Crippen molar-refractivity contribution in [2.45, 2.75) is 6.92 Å². The van der Waals surface area contributed by atoms with Gasteiger partial charge in [-0.25, -0.2) is 4.98 Å². The number of carbonyl (C=O) groups is 1. The summed E-state index contributed by atoms with van der Waals surface area (Å²) < 4.78 is 0. The lowest BCUT2D eigenvalue weighted by molar-refractivity contribution is -0.113. The second kappa shape index (κ2) is 5.68. The first-order valence-electron chi connectivity index (χ1n) is 5.33. The number of anilines is 1. The molecule has 0 saturated heterocycles. The minimum absolute atomic E-state index is 0.174. The Bertz CT molecular complexity index is 559. The average molecular weight is 307 g/mol. The van der Waals surface area contributed by atoms with Crippen molar-refractivity contribution in [1.29, 1.82) is 0 Å². The van der Waals surface area contributed by atoms with E-state index in [1.807, 2.05) is 30.3 Å². The maximum Gasteiger partial charge on any atom is 0.236 e. The van der Waals surface area contributed by atoms with Gasteiger partial charge in [-0.05, 0) is 6.92 Å². The molecule has 0 atom stereocenters. The molecule has 2 aromatic rings. The summed E-state index contributed by atoms with van der Waals surface area (Å²) in [7, 11) is 0. The Hall–Kier alpha value is -1.82. The number of hydrogen-bond acceptors (Lipinski definition) is 4. The van der Waals surface area contributed by atoms with Crippen LogP contribution in [0.5, 0.6) is 0 Å². The molecule has 2 rings (SSSR count). The average Bonchev–Trinajstić information content (AvgIpc) is 2.40. The van der Waals surface area contributed by atoms with E-state index in [2.05, 4.69) is 36.4 Å². The molecule has 0 aliphatic carbocycles. The van der Waals surface area contributed by atoms with Crippen molar-refractivity contribution in [3.8, 4) is 11.3 Å². The van der Waals surface area contributed by atoms with E-state index in [0.717, 1.165) is 5.56 Å². The van der Waals surface area contributed by atoms with Crippen LogP contribution in [0.4, 0.5) is 5.82 Å². The Morgan fingerprint density at radius 2 is 2.00 bits per heavy atom. The zero-order valence-electron chi connectivity index (χ0n) is 9.72. The molecule has 0 spiro atoms. The number of hydrogen-bond donors (Lipinski definition) is 1. The number of alkyl halides is 1. The number of benzene rings is 1. The van der Waals surface area contributed by atoms with Crippen LogP contribution in [0.15, 0.2) is 30.3 Å². The fraction of sp³-hybridized carbons (Fsp3) is 0.167. The minimum atomic E-state index is -0.174. The fourth-order valence-electron chi connectivity index (χ4n) is 1.45. The second-order valence-corrected chi connectivity index (χ2v) is 4.16. The van der Waals surface area contributed by atoms with Crippen LogP contribution in [-0.4, -0.2) is 26.4 Å². The van der Waals surface area contributed by atoms with E-state index >= 15 is 0 Å². The Morgan fingerprint density at radius 1 is 1.28 bits per heavy atom. The summed E-state index contributed by atoms with van der Waals surface area (Å²) >= 11 is 3.10. The number of aromatic nitrogens is 3. The first kappa shape index (κ1) is 12.6. The molecule has 5 nitrogen and oxygen atoms in total. The van der Waals surface area contributed by atoms with Gasteiger partial charge in [-0.15, -0.1) is 10.2 Å². The lowest BCUT2D eigenvalue weighted by atomic mass is 10.1. The van der Waals surface area contributed by atoms with Gasteiger partial charge in [-0.3, -0.25) is 4.79 Å². The molecular weight excluding hydrogens is 296 g/mol. The largest absolute Gasteiger partial charge is 0.308 e. The maximum absolute atomic E-state index is 11.4. The highest BCUT2D eigenvalue weighted by Crippen LogP contribution is 2.22. The van der Waals surface area contributed by atoms with Crippen molar-refractivity contribution in [2.24, 2.45) is 0 Å². The fourth-order valence-corrected chi connectivity index (χ4v) is 1.59. The van der Waals surface area contributed by atoms with E-state index in [-0.39, 0.29) is 11.2 Å². The molecule has 0 aliphatic rings. The molecular formula is C12H11BrN4O. The van der Waals surface area contributed by atoms with Crippen LogP contribution in [0.2, 0.25) is 0 Å². The van der Waals surface area contributed by atoms with Crippen molar-refractivity contribution in [2.75, 3.05) is 10.6 Å². The molecule has 0 aliphatic heterocycles. The maximum atomic E-state index is 11.4. The number of carbonyl (C=O) groups excluding carboxylic acids is 1. The number of nitrogens with one attached hydrogen (secondary N) is 1. The molecule has 6 heteroatoms. The molecule has 0 unspecified atom stereocenters. The van der Waals surface area contributed by atoms with Gasteiger partial charge in [0.05, 0.1) is 5.33 Å². The van der Waals surface area contributed by atoms with Gasteiger partial charge >= 0.3 is 0 Å². The molecule has 0 fully saturated rings. The van der Waals surface area contributed by atoms with E-state index in [9.17, 15) is 4.79 Å². The molecule has 1 aromatic heterocycles. The standard InChI is InChI=1S/C12H11BrN4O/c1-8-14-12(15-10(18)7-13)11(17-16-8)9-5-3-2-4-6-9/h2-6H,7H2,1H3,(H,14,15,16,18). The highest BCUT2D eigenvalue weighted by molar-refractivity contribution is 9.09. The SMILES string of the molecule is Cc1nnc(-c2ccccc2)c(NC(=O)CBr)n1. The third kappa shape index (κ3) is 2.89. The number of amides is 1. The van der Waals surface area contributed by atoms with E-state index < -0.39 is 0 Å². The van der Waals surface area contributed by atoms with Crippen LogP contribution < -0.4 is 5.32 Å². The number of nitrogens with zero attached hydrogens (tertiary/aromatic N) is 3. The van der Waals surface area contributed by atoms with Crippen LogP contribution in [0.3, 0.4) is 0 Å². The molecule has 1 heterocycles. The third-order valence-corrected chi connectivity index (χ3v) is 2.73. The van der Waals surface area contributed by atoms with Gasteiger partial charge < -0.3 is 5.32 Å². The van der Waals surface area contributed by atoms with Crippen LogP contribution in [0.25, 0.3) is 11.3 Å². The Morgan fingerprint density at radius 3 is 2.67 bits per heavy atom. The van der Waals surface area contributed by atoms with Gasteiger partial charge in [0.25, 0.3) is 0 Å². The van der Waals surface area contributed by atoms with E-state index in [1.165, 1.54) is 0 Å². The first-order valence-corrected chi connectivity index (χ1v) is 6.45. The summed E-state index contributed by atoms with van der Waals surface area (Å²) in [5, 5.41) is 10.9. The summed E-state index contributed by atoms with van der Waals surface area (Å²) in [6, 6.07) is 9.49. The summed E-state index contributed by atoms with van der Waals surface area (Å²) in [6.45, 7) is 1.73. The van der Waals surface area contributed by atoms with Gasteiger partial charge in [0, 0.05) is 5.56 Å². The van der Waals surface area contributed by atoms with Crippen LogP contribution >= 0.6 is 15.9 Å². The van der Waals surface area contributed by atoms with E-state index in [1.54, 1.807) is 6.92 Å². The normalized spacial score (nSPS) is 10.1. The van der Waals surface area contributed by atoms with Crippen LogP contribution in [-0.2, 0) is 4.79 Å². The second-order valence-electron chi connectivity index (χ2n) is 3.60. The Kier molecular flexibility index (Phi) is 3.99. The van der Waals surface area contributed by atoms with E-state index in [4.69, 9.17) is 0 Å². The molecule has 0 bridgehead atoms. The highest BCUT2D eigenvalue weighted by atomic mass is 79.9. The zero-order valence-corrected chi connectivity index (χ0v) is 11.3. The molecule has 1 N–H and O–H groups in total. The number of halogens is 1. The predicted molar refractivity (Wildman–Crippen MR) is 72.4 cm³/mol. The van der Waals surface area contributed by atoms with Gasteiger partial charge in [-0.2, -0.15) is 0 Å². The zero-order chi connectivity index (χ0) is 13.0. The molecule has 1 aromatic carbocycles. The monoisotopic (exact) mass is 306 g/mol. The lowest BCUT2D eigenvalue weighted by Gasteiger charge is -2.08. The molecule has 0 radical (unpaired) electrons. The molecule has 1 amide bonds. The predicted octanol–water partition coefficient (Wildman–Crippen LogP) is 2.18. The van der Waals surface area contributed by atoms with Crippen LogP contribution in [0.1, 0.15) is 5.82 Å². The van der Waals surface area contributed by atoms with Crippen molar-refractivity contribution in [3.05, 3.63) is 36.2 Å². The number of aryl methyl sites for hydroxylation is 1. The van der Waals surface area contributed by atoms with Gasteiger partial charge in [0.2, 0.25) is 5.91 Å². The minimum Gasteiger partial charge on any atom is -0.308 e. The summed E-state index contributed by atoms with van der Waals surface area (Å²) in [5.41, 5.74) is 1.43. The lowest BCUT2D eigenvalue weighted by Crippen LogP contribution is -2.15. The van der Waals surface area contributed by atoms with Gasteiger partial charge in [0.15, 0.2) is 5.82 Å². The van der Waals surface area contributed by atoms with Crippen LogP contribution in [0, 0.1) is 6.92 Å². The molecule has 0 saturated carbocycles. The summed E-state index contributed by atoms with van der Waals surface area (Å²) in [5.74, 6) is 0.768. The topological polar surface area (TPSA) is 67.8 Å². The van der Waals surface area contributed by atoms with Gasteiger partial charge in [-0.1, -0.05) is 46.3 Å². The molecule has 18 heavy (non-hydrogen) atoms.